The van der Waals surface area contributed by atoms with Gasteiger partial charge in [0.2, 0.25) is 0 Å². The lowest BCUT2D eigenvalue weighted by atomic mass is 10.0. The van der Waals surface area contributed by atoms with Crippen LogP contribution in [0.5, 0.6) is 0 Å². The molecule has 1 fully saturated rings. The highest BCUT2D eigenvalue weighted by Crippen LogP contribution is 2.33. The highest BCUT2D eigenvalue weighted by atomic mass is 79.9. The number of aromatic nitrogens is 1. The lowest BCUT2D eigenvalue weighted by molar-refractivity contribution is 0.444. The number of nitrogens with one attached hydrogen (secondary N) is 1. The first-order valence-electron chi connectivity index (χ1n) is 9.04. The van der Waals surface area contributed by atoms with Crippen LogP contribution in [0.2, 0.25) is 0 Å². The van der Waals surface area contributed by atoms with Crippen molar-refractivity contribution < 1.29 is 8.42 Å². The molecule has 0 aliphatic carbocycles. The van der Waals surface area contributed by atoms with Gasteiger partial charge in [-0.05, 0) is 72.2 Å². The van der Waals surface area contributed by atoms with Crippen molar-refractivity contribution in [3.05, 3.63) is 59.2 Å². The molecule has 0 atom stereocenters. The van der Waals surface area contributed by atoms with E-state index in [9.17, 15) is 8.42 Å². The molecule has 9 heteroatoms. The van der Waals surface area contributed by atoms with Gasteiger partial charge in [0.25, 0.3) is 10.0 Å². The number of fused-ring (bicyclic) bond motifs is 1. The Kier molecular flexibility index (Phi) is 8.04. The fraction of sp³-hybridized carbons (Fsp3) is 0.300. The van der Waals surface area contributed by atoms with Crippen LogP contribution in [0.25, 0.3) is 10.9 Å². The summed E-state index contributed by atoms with van der Waals surface area (Å²) in [6.07, 6.45) is 3.82. The van der Waals surface area contributed by atoms with Crippen LogP contribution in [-0.4, -0.2) is 38.6 Å². The van der Waals surface area contributed by atoms with E-state index in [1.165, 1.54) is 3.97 Å². The summed E-state index contributed by atoms with van der Waals surface area (Å²) in [6, 6.07) is 15.1. The summed E-state index contributed by atoms with van der Waals surface area (Å²) >= 11 is 3.36. The van der Waals surface area contributed by atoms with Crippen molar-refractivity contribution in [1.29, 1.82) is 0 Å². The van der Waals surface area contributed by atoms with Crippen molar-refractivity contribution in [3.63, 3.8) is 0 Å². The van der Waals surface area contributed by atoms with E-state index in [1.54, 1.807) is 24.4 Å². The van der Waals surface area contributed by atoms with Crippen molar-refractivity contribution in [1.82, 2.24) is 9.29 Å². The van der Waals surface area contributed by atoms with E-state index >= 15 is 0 Å². The van der Waals surface area contributed by atoms with Crippen LogP contribution < -0.4 is 10.2 Å². The Labute approximate surface area is 192 Å². The minimum atomic E-state index is -3.68. The number of hydrogen-bond donors (Lipinski definition) is 1. The first-order valence-corrected chi connectivity index (χ1v) is 11.3. The Balaban J connectivity index is 0.00000150. The second-order valence-corrected chi connectivity index (χ2v) is 9.49. The van der Waals surface area contributed by atoms with E-state index in [0.29, 0.717) is 16.0 Å². The lowest BCUT2D eigenvalue weighted by Crippen LogP contribution is -2.41. The van der Waals surface area contributed by atoms with Crippen LogP contribution in [-0.2, 0) is 10.0 Å². The van der Waals surface area contributed by atoms with Gasteiger partial charge < -0.3 is 10.2 Å². The minimum absolute atomic E-state index is 0. The first kappa shape index (κ1) is 24.0. The molecular formula is C20H24BrCl2N3O2S. The minimum Gasteiger partial charge on any atom is -0.371 e. The maximum atomic E-state index is 13.2. The Morgan fingerprint density at radius 1 is 1.03 bits per heavy atom. The summed E-state index contributed by atoms with van der Waals surface area (Å²) in [7, 11) is -1.58. The third-order valence-corrected chi connectivity index (χ3v) is 7.99. The third kappa shape index (κ3) is 4.44. The van der Waals surface area contributed by atoms with Gasteiger partial charge in [-0.3, -0.25) is 0 Å². The zero-order valence-corrected chi connectivity index (χ0v) is 20.0. The summed E-state index contributed by atoms with van der Waals surface area (Å²) in [5.41, 5.74) is 1.77. The smallest absolute Gasteiger partial charge is 0.269 e. The number of anilines is 1. The zero-order chi connectivity index (χ0) is 19.0. The fourth-order valence-electron chi connectivity index (χ4n) is 3.79. The van der Waals surface area contributed by atoms with E-state index in [-0.39, 0.29) is 29.7 Å². The predicted octanol–water partition coefficient (Wildman–Crippen LogP) is 4.67. The third-order valence-electron chi connectivity index (χ3n) is 5.28. The topological polar surface area (TPSA) is 54.3 Å². The van der Waals surface area contributed by atoms with E-state index in [2.05, 4.69) is 39.3 Å². The molecule has 0 spiro atoms. The van der Waals surface area contributed by atoms with Gasteiger partial charge in [0.15, 0.2) is 0 Å². The molecule has 3 aromatic rings. The molecule has 0 amide bonds. The molecule has 2 heterocycles. The molecule has 158 valence electrons. The predicted molar refractivity (Wildman–Crippen MR) is 127 cm³/mol. The summed E-state index contributed by atoms with van der Waals surface area (Å²) in [5, 5.41) is 4.34. The zero-order valence-electron chi connectivity index (χ0n) is 15.9. The Hall–Kier alpha value is -1.25. The molecule has 2 aromatic carbocycles. The number of piperidine rings is 1. The highest BCUT2D eigenvalue weighted by Gasteiger charge is 2.24. The Morgan fingerprint density at radius 3 is 2.41 bits per heavy atom. The van der Waals surface area contributed by atoms with Crippen LogP contribution >= 0.6 is 40.7 Å². The molecular weight excluding hydrogens is 497 g/mol. The molecule has 5 nitrogen and oxygen atoms in total. The molecule has 0 unspecified atom stereocenters. The molecule has 1 saturated heterocycles. The molecule has 4 rings (SSSR count). The van der Waals surface area contributed by atoms with Crippen LogP contribution in [0.3, 0.4) is 0 Å². The summed E-state index contributed by atoms with van der Waals surface area (Å²) in [5.74, 6) is 0. The molecule has 1 aliphatic heterocycles. The van der Waals surface area contributed by atoms with Gasteiger partial charge in [0.1, 0.15) is 4.90 Å². The number of rotatable bonds is 4. The molecule has 1 aliphatic rings. The Morgan fingerprint density at radius 2 is 1.72 bits per heavy atom. The normalized spacial score (nSPS) is 14.8. The van der Waals surface area contributed by atoms with E-state index in [1.807, 2.05) is 24.3 Å². The average Bonchev–Trinajstić information content (AvgIpc) is 3.13. The quantitative estimate of drug-likeness (QED) is 0.543. The van der Waals surface area contributed by atoms with E-state index < -0.39 is 10.0 Å². The summed E-state index contributed by atoms with van der Waals surface area (Å²) < 4.78 is 28.4. The van der Waals surface area contributed by atoms with Crippen molar-refractivity contribution in [2.75, 3.05) is 25.0 Å². The van der Waals surface area contributed by atoms with Crippen LogP contribution in [0, 0.1) is 0 Å². The van der Waals surface area contributed by atoms with Crippen molar-refractivity contribution in [2.24, 2.45) is 0 Å². The van der Waals surface area contributed by atoms with Gasteiger partial charge in [-0.25, -0.2) is 12.4 Å². The maximum Gasteiger partial charge on any atom is 0.269 e. The number of benzene rings is 2. The van der Waals surface area contributed by atoms with E-state index in [4.69, 9.17) is 0 Å². The monoisotopic (exact) mass is 519 g/mol. The summed E-state index contributed by atoms with van der Waals surface area (Å²) in [6.45, 7) is 2.03. The molecule has 1 aromatic heterocycles. The molecule has 0 radical (unpaired) electrons. The lowest BCUT2D eigenvalue weighted by Gasteiger charge is -2.33. The van der Waals surface area contributed by atoms with E-state index in [0.717, 1.165) is 37.0 Å². The van der Waals surface area contributed by atoms with Crippen molar-refractivity contribution in [2.45, 2.75) is 23.8 Å². The molecule has 0 saturated carbocycles. The van der Waals surface area contributed by atoms with Gasteiger partial charge in [-0.15, -0.1) is 24.8 Å². The molecule has 0 bridgehead atoms. The number of halogens is 3. The largest absolute Gasteiger partial charge is 0.371 e. The van der Waals surface area contributed by atoms with Gasteiger partial charge >= 0.3 is 0 Å². The Bertz CT molecular complexity index is 1080. The molecule has 1 N–H and O–H groups in total. The summed E-state index contributed by atoms with van der Waals surface area (Å²) in [4.78, 5) is 2.55. The standard InChI is InChI=1S/C20H22BrN3O2S.2ClH/c1-23(15-9-12-22-13-10-15)18-6-4-7-19-16(18)11-14-24(19)27(25,26)20-8-3-2-5-17(20)21;;/h2-8,11,14-15,22H,9-10,12-13H2,1H3;2*1H. The van der Waals surface area contributed by atoms with Crippen molar-refractivity contribution >= 4 is 67.4 Å². The molecule has 29 heavy (non-hydrogen) atoms. The highest BCUT2D eigenvalue weighted by molar-refractivity contribution is 9.10. The second kappa shape index (κ2) is 9.71. The van der Waals surface area contributed by atoms with Gasteiger partial charge in [0.05, 0.1) is 5.52 Å². The second-order valence-electron chi connectivity index (χ2n) is 6.85. The van der Waals surface area contributed by atoms with Crippen LogP contribution in [0.4, 0.5) is 5.69 Å². The van der Waals surface area contributed by atoms with Gasteiger partial charge in [-0.2, -0.15) is 0 Å². The fourth-order valence-corrected chi connectivity index (χ4v) is 6.11. The maximum absolute atomic E-state index is 13.2. The van der Waals surface area contributed by atoms with Crippen LogP contribution in [0.15, 0.2) is 64.1 Å². The van der Waals surface area contributed by atoms with Gasteiger partial charge in [-0.1, -0.05) is 18.2 Å². The SMILES string of the molecule is CN(c1cccc2c1ccn2S(=O)(=O)c1ccccc1Br)C1CCNCC1.Cl.Cl. The number of hydrogen-bond acceptors (Lipinski definition) is 4. The average molecular weight is 521 g/mol. The first-order chi connectivity index (χ1) is 13.0. The number of nitrogens with zero attached hydrogens (tertiary/aromatic N) is 2. The van der Waals surface area contributed by atoms with Crippen LogP contribution in [0.1, 0.15) is 12.8 Å². The van der Waals surface area contributed by atoms with Gasteiger partial charge in [0, 0.05) is 34.8 Å². The van der Waals surface area contributed by atoms with Crippen molar-refractivity contribution in [3.8, 4) is 0 Å².